The van der Waals surface area contributed by atoms with Gasteiger partial charge >= 0.3 is 16.1 Å². The SMILES string of the molecule is CCNc1ccc2c(-c3ccccc3C(=O)N(C)CCCC(=O)O)c3ccc(=[NH+]CC)c(S(=O)(=O)O)c-3oc2c1S(=O)(=O)O.[O-][Cl+3]([O-])([O-])[O-]. The maximum atomic E-state index is 13.7. The molecule has 1 heterocycles. The lowest BCUT2D eigenvalue weighted by Gasteiger charge is -2.22. The van der Waals surface area contributed by atoms with Crippen LogP contribution >= 0.6 is 0 Å². The summed E-state index contributed by atoms with van der Waals surface area (Å²) in [6, 6.07) is 12.2. The molecular weight excluding hydrogens is 714 g/mol. The van der Waals surface area contributed by atoms with E-state index in [1.54, 1.807) is 32.0 Å². The van der Waals surface area contributed by atoms with Crippen molar-refractivity contribution < 1.29 is 78.9 Å². The van der Waals surface area contributed by atoms with Crippen LogP contribution in [0.15, 0.2) is 62.7 Å². The zero-order valence-corrected chi connectivity index (χ0v) is 28.5. The highest BCUT2D eigenvalue weighted by molar-refractivity contribution is 7.86. The van der Waals surface area contributed by atoms with Gasteiger partial charge in [0, 0.05) is 54.7 Å². The molecular formula is C29H32ClN3O14S2. The number of halogens is 1. The van der Waals surface area contributed by atoms with Crippen LogP contribution in [0, 0.1) is 10.2 Å². The molecule has 0 saturated heterocycles. The molecule has 5 N–H and O–H groups in total. The van der Waals surface area contributed by atoms with Gasteiger partial charge in [0.15, 0.2) is 16.2 Å². The summed E-state index contributed by atoms with van der Waals surface area (Å²) in [5, 5.41) is 12.0. The predicted octanol–water partition coefficient (Wildman–Crippen LogP) is -2.69. The monoisotopic (exact) mass is 745 g/mol. The highest BCUT2D eigenvalue weighted by atomic mass is 35.7. The average molecular weight is 746 g/mol. The lowest BCUT2D eigenvalue weighted by atomic mass is 9.90. The summed E-state index contributed by atoms with van der Waals surface area (Å²) in [6.07, 6.45) is 0.0550. The van der Waals surface area contributed by atoms with Crippen LogP contribution < -0.4 is 34.3 Å². The first-order valence-electron chi connectivity index (χ1n) is 14.2. The molecule has 2 aromatic carbocycles. The van der Waals surface area contributed by atoms with Crippen LogP contribution in [0.5, 0.6) is 0 Å². The fourth-order valence-electron chi connectivity index (χ4n) is 5.09. The number of anilines is 1. The van der Waals surface area contributed by atoms with E-state index in [-0.39, 0.29) is 71.2 Å². The summed E-state index contributed by atoms with van der Waals surface area (Å²) in [5.41, 5.74) is 0.304. The molecule has 1 amide bonds. The van der Waals surface area contributed by atoms with Gasteiger partial charge in [-0.15, -0.1) is 10.2 Å². The number of nitrogens with zero attached hydrogens (tertiary/aromatic N) is 1. The quantitative estimate of drug-likeness (QED) is 0.0771. The van der Waals surface area contributed by atoms with E-state index in [4.69, 9.17) is 28.2 Å². The van der Waals surface area contributed by atoms with Crippen molar-refractivity contribution in [2.45, 2.75) is 36.5 Å². The first-order valence-corrected chi connectivity index (χ1v) is 18.3. The van der Waals surface area contributed by atoms with Crippen LogP contribution in [-0.4, -0.2) is 74.5 Å². The molecule has 0 bridgehead atoms. The number of rotatable bonds is 11. The molecule has 20 heteroatoms. The molecule has 1 aliphatic carbocycles. The number of carbonyl (C=O) groups excluding carboxylic acids is 1. The summed E-state index contributed by atoms with van der Waals surface area (Å²) in [5.74, 6) is -1.90. The minimum Gasteiger partial charge on any atom is -0.481 e. The van der Waals surface area contributed by atoms with Gasteiger partial charge in [0.2, 0.25) is 10.3 Å². The molecule has 0 atom stereocenters. The van der Waals surface area contributed by atoms with Crippen molar-refractivity contribution in [2.75, 3.05) is 32.0 Å². The Morgan fingerprint density at radius 1 is 0.918 bits per heavy atom. The fraction of sp³-hybridized carbons (Fsp3) is 0.276. The van der Waals surface area contributed by atoms with Crippen molar-refractivity contribution in [1.82, 2.24) is 4.90 Å². The Balaban J connectivity index is 0.00000121. The third-order valence-corrected chi connectivity index (χ3v) is 8.72. The van der Waals surface area contributed by atoms with Crippen molar-refractivity contribution in [2.24, 2.45) is 0 Å². The smallest absolute Gasteiger partial charge is 0.304 e. The van der Waals surface area contributed by atoms with Gasteiger partial charge in [-0.3, -0.25) is 18.7 Å². The molecule has 0 fully saturated rings. The lowest BCUT2D eigenvalue weighted by molar-refractivity contribution is -2.00. The molecule has 0 spiro atoms. The first kappa shape index (κ1) is 39.3. The molecule has 1 aliphatic heterocycles. The maximum Gasteiger partial charge on any atom is 0.304 e. The van der Waals surface area contributed by atoms with Gasteiger partial charge in [-0.05, 0) is 50.1 Å². The molecule has 0 unspecified atom stereocenters. The van der Waals surface area contributed by atoms with Crippen molar-refractivity contribution in [3.05, 3.63) is 59.5 Å². The molecule has 0 saturated carbocycles. The first-order chi connectivity index (χ1) is 22.7. The third-order valence-electron chi connectivity index (χ3n) is 6.88. The number of carboxylic acid groups (broad SMARTS) is 1. The van der Waals surface area contributed by atoms with Gasteiger partial charge < -0.3 is 19.7 Å². The molecule has 0 radical (unpaired) electrons. The van der Waals surface area contributed by atoms with E-state index < -0.39 is 63.5 Å². The molecule has 266 valence electrons. The average Bonchev–Trinajstić information content (AvgIpc) is 2.97. The highest BCUT2D eigenvalue weighted by Gasteiger charge is 2.33. The molecule has 2 aromatic rings. The number of aliphatic carboxylic acids is 1. The van der Waals surface area contributed by atoms with Gasteiger partial charge in [-0.25, -0.2) is 23.6 Å². The third kappa shape index (κ3) is 9.71. The fourth-order valence-corrected chi connectivity index (χ4v) is 6.70. The summed E-state index contributed by atoms with van der Waals surface area (Å²) in [4.78, 5) is 27.5. The number of fused-ring (bicyclic) bond motifs is 2. The van der Waals surface area contributed by atoms with E-state index in [2.05, 4.69) is 10.3 Å². The van der Waals surface area contributed by atoms with E-state index in [1.165, 1.54) is 42.3 Å². The Labute approximate surface area is 282 Å². The molecule has 4 rings (SSSR count). The van der Waals surface area contributed by atoms with E-state index >= 15 is 0 Å². The number of amides is 1. The minimum atomic E-state index is -4.98. The number of nitrogens with one attached hydrogen (secondary N) is 2. The van der Waals surface area contributed by atoms with Gasteiger partial charge in [-0.1, -0.05) is 18.2 Å². The predicted molar refractivity (Wildman–Crippen MR) is 161 cm³/mol. The van der Waals surface area contributed by atoms with E-state index in [9.17, 15) is 35.5 Å². The zero-order chi connectivity index (χ0) is 36.9. The summed E-state index contributed by atoms with van der Waals surface area (Å²) < 4.78 is 112. The largest absolute Gasteiger partial charge is 0.481 e. The van der Waals surface area contributed by atoms with Crippen LogP contribution in [0.2, 0.25) is 0 Å². The summed E-state index contributed by atoms with van der Waals surface area (Å²) >= 11 is 0. The molecule has 49 heavy (non-hydrogen) atoms. The van der Waals surface area contributed by atoms with Crippen molar-refractivity contribution in [3.8, 4) is 22.5 Å². The van der Waals surface area contributed by atoms with Crippen LogP contribution in [0.1, 0.15) is 37.0 Å². The number of hydrogen-bond acceptors (Lipinski definition) is 12. The van der Waals surface area contributed by atoms with E-state index in [1.807, 2.05) is 0 Å². The Hall–Kier alpha value is -4.18. The van der Waals surface area contributed by atoms with Gasteiger partial charge in [0.05, 0.1) is 5.69 Å². The zero-order valence-electron chi connectivity index (χ0n) is 26.1. The number of hydrogen-bond donors (Lipinski definition) is 5. The maximum absolute atomic E-state index is 13.7. The summed E-state index contributed by atoms with van der Waals surface area (Å²) in [7, 11) is -13.4. The minimum absolute atomic E-state index is 0.0182. The number of carboxylic acids is 1. The molecule has 0 aromatic heterocycles. The second-order valence-electron chi connectivity index (χ2n) is 10.3. The Morgan fingerprint density at radius 2 is 1.53 bits per heavy atom. The van der Waals surface area contributed by atoms with Gasteiger partial charge in [0.25, 0.3) is 16.0 Å². The highest BCUT2D eigenvalue weighted by Crippen LogP contribution is 2.46. The topological polar surface area (TPSA) is 298 Å². The summed E-state index contributed by atoms with van der Waals surface area (Å²) in [6.45, 7) is 4.06. The number of benzene rings is 3. The second-order valence-corrected chi connectivity index (χ2v) is 13.7. The van der Waals surface area contributed by atoms with E-state index in [0.717, 1.165) is 0 Å². The standard InChI is InChI=1S/C29H31N3O10S2.ClHO4/c1-4-30-21-14-12-19-24(17-9-6-7-10-18(17)29(35)32(3)16-8-11-23(33)34)20-13-15-22(31-5-2)28(44(39,40)41)26(20)42-25(19)27(21)43(36,37)38;2-1(3,4)5/h6-7,9-10,12-15,30H,4-5,8,11,16H2,1-3H3,(H,33,34)(H,36,37,38)(H,39,40,41);(H,2,3,4,5). The molecule has 2 aliphatic rings. The van der Waals surface area contributed by atoms with Crippen LogP contribution in [0.4, 0.5) is 5.69 Å². The van der Waals surface area contributed by atoms with Gasteiger partial charge in [-0.2, -0.15) is 16.8 Å². The lowest BCUT2D eigenvalue weighted by Crippen LogP contribution is -2.76. The van der Waals surface area contributed by atoms with Crippen molar-refractivity contribution in [1.29, 1.82) is 0 Å². The van der Waals surface area contributed by atoms with Gasteiger partial charge in [0.1, 0.15) is 6.54 Å². The van der Waals surface area contributed by atoms with E-state index in [0.29, 0.717) is 0 Å². The Kier molecular flexibility index (Phi) is 12.5. The normalized spacial score (nSPS) is 12.5. The second kappa shape index (κ2) is 15.6. The van der Waals surface area contributed by atoms with Crippen LogP contribution in [-0.2, 0) is 25.0 Å². The van der Waals surface area contributed by atoms with Crippen LogP contribution in [0.25, 0.3) is 33.4 Å². The Bertz CT molecular complexity index is 2120. The molecule has 17 nitrogen and oxygen atoms in total. The number of carbonyl (C=O) groups is 2. The van der Waals surface area contributed by atoms with Crippen molar-refractivity contribution >= 4 is 48.8 Å². The van der Waals surface area contributed by atoms with Crippen LogP contribution in [0.3, 0.4) is 0 Å². The Morgan fingerprint density at radius 3 is 2.08 bits per heavy atom. The van der Waals surface area contributed by atoms with Crippen molar-refractivity contribution in [3.63, 3.8) is 0 Å².